The van der Waals surface area contributed by atoms with Gasteiger partial charge in [-0.2, -0.15) is 10.2 Å². The summed E-state index contributed by atoms with van der Waals surface area (Å²) in [5.41, 5.74) is 4.58. The van der Waals surface area contributed by atoms with Crippen molar-refractivity contribution in [2.45, 2.75) is 23.6 Å². The third kappa shape index (κ3) is 5.08. The van der Waals surface area contributed by atoms with Crippen molar-refractivity contribution < 1.29 is 16.8 Å². The lowest BCUT2D eigenvalue weighted by molar-refractivity contribution is 0.586. The molecule has 8 aromatic rings. The van der Waals surface area contributed by atoms with Crippen molar-refractivity contribution in [2.24, 2.45) is 14.1 Å². The van der Waals surface area contributed by atoms with E-state index in [-0.39, 0.29) is 9.79 Å². The van der Waals surface area contributed by atoms with E-state index in [2.05, 4.69) is 20.2 Å². The Labute approximate surface area is 283 Å². The van der Waals surface area contributed by atoms with Crippen molar-refractivity contribution in [1.29, 1.82) is 0 Å². The van der Waals surface area contributed by atoms with Crippen molar-refractivity contribution in [3.05, 3.63) is 106 Å². The zero-order valence-corrected chi connectivity index (χ0v) is 29.4. The summed E-state index contributed by atoms with van der Waals surface area (Å²) in [4.78, 5) is 9.19. The van der Waals surface area contributed by atoms with Gasteiger partial charge >= 0.3 is 0 Å². The number of hydrogen-bond acceptors (Lipinski definition) is 8. The number of fused-ring (bicyclic) bond motifs is 6. The van der Waals surface area contributed by atoms with E-state index in [4.69, 9.17) is 0 Å². The highest BCUT2D eigenvalue weighted by Crippen LogP contribution is 2.31. The van der Waals surface area contributed by atoms with Crippen LogP contribution < -0.4 is 0 Å². The first-order chi connectivity index (χ1) is 22.4. The summed E-state index contributed by atoms with van der Waals surface area (Å²) in [7, 11) is -3.74. The highest BCUT2D eigenvalue weighted by atomic mass is 127. The van der Waals surface area contributed by atoms with Gasteiger partial charge in [-0.15, -0.1) is 0 Å². The normalized spacial score (nSPS) is 12.3. The quantitative estimate of drug-likeness (QED) is 0.212. The lowest BCUT2D eigenvalue weighted by Gasteiger charge is -2.09. The third-order valence-corrected chi connectivity index (χ3v) is 12.5. The Kier molecular flexibility index (Phi) is 7.44. The van der Waals surface area contributed by atoms with Gasteiger partial charge in [-0.25, -0.2) is 34.7 Å². The van der Waals surface area contributed by atoms with Crippen molar-refractivity contribution in [3.63, 3.8) is 0 Å². The molecule has 0 fully saturated rings. The molecule has 47 heavy (non-hydrogen) atoms. The number of hydrogen-bond donors (Lipinski definition) is 0. The van der Waals surface area contributed by atoms with Gasteiger partial charge in [0.15, 0.2) is 11.3 Å². The Morgan fingerprint density at radius 1 is 0.617 bits per heavy atom. The lowest BCUT2D eigenvalue weighted by Crippen LogP contribution is -2.15. The topological polar surface area (TPSA) is 140 Å². The summed E-state index contributed by atoms with van der Waals surface area (Å²) in [5, 5.41) is 11.7. The smallest absolute Gasteiger partial charge is 0.267 e. The Bertz CT molecular complexity index is 2710. The van der Waals surface area contributed by atoms with Crippen molar-refractivity contribution in [1.82, 2.24) is 37.5 Å². The molecule has 0 aliphatic carbocycles. The van der Waals surface area contributed by atoms with Crippen LogP contribution in [-0.2, 0) is 34.1 Å². The fourth-order valence-electron chi connectivity index (χ4n) is 5.55. The van der Waals surface area contributed by atoms with Crippen molar-refractivity contribution in [2.75, 3.05) is 0 Å². The summed E-state index contributed by atoms with van der Waals surface area (Å²) in [5.74, 6) is 0. The van der Waals surface area contributed by atoms with Crippen LogP contribution in [0.25, 0.3) is 43.9 Å². The van der Waals surface area contributed by atoms with E-state index in [1.165, 1.54) is 7.94 Å². The number of aromatic nitrogens is 8. The van der Waals surface area contributed by atoms with Crippen LogP contribution >= 0.6 is 22.6 Å². The molecule has 0 atom stereocenters. The second-order valence-electron chi connectivity index (χ2n) is 11.1. The van der Waals surface area contributed by atoms with E-state index in [0.29, 0.717) is 15.0 Å². The van der Waals surface area contributed by atoms with Crippen LogP contribution in [-0.4, -0.2) is 54.3 Å². The maximum absolute atomic E-state index is 13.1. The predicted molar refractivity (Wildman–Crippen MR) is 188 cm³/mol. The molecule has 0 unspecified atom stereocenters. The molecule has 12 nitrogen and oxygen atoms in total. The first-order valence-corrected chi connectivity index (χ1v) is 18.2. The summed E-state index contributed by atoms with van der Waals surface area (Å²) in [6.07, 6.45) is 8.28. The highest BCUT2D eigenvalue weighted by Gasteiger charge is 2.25. The summed E-state index contributed by atoms with van der Waals surface area (Å²) >= 11 is 2.03. The van der Waals surface area contributed by atoms with Crippen LogP contribution in [0.5, 0.6) is 0 Å². The number of halogens is 1. The van der Waals surface area contributed by atoms with Crippen LogP contribution in [0.2, 0.25) is 0 Å². The van der Waals surface area contributed by atoms with Crippen LogP contribution in [0.3, 0.4) is 0 Å². The molecule has 6 aromatic heterocycles. The zero-order valence-electron chi connectivity index (χ0n) is 25.6. The minimum atomic E-state index is -3.72. The molecule has 2 aromatic carbocycles. The first-order valence-electron chi connectivity index (χ1n) is 14.3. The molecule has 0 aliphatic rings. The molecule has 15 heteroatoms. The average Bonchev–Trinajstić information content (AvgIpc) is 3.81. The summed E-state index contributed by atoms with van der Waals surface area (Å²) in [6, 6.07) is 17.2. The monoisotopic (exact) mass is 778 g/mol. The lowest BCUT2D eigenvalue weighted by atomic mass is 10.2. The first kappa shape index (κ1) is 31.0. The molecule has 6 heterocycles. The molecule has 0 N–H and O–H groups in total. The van der Waals surface area contributed by atoms with E-state index < -0.39 is 20.0 Å². The molecule has 238 valence electrons. The van der Waals surface area contributed by atoms with Crippen LogP contribution in [0.4, 0.5) is 0 Å². The van der Waals surface area contributed by atoms with E-state index in [0.717, 1.165) is 43.7 Å². The Morgan fingerprint density at radius 2 is 1.11 bits per heavy atom. The molecular weight excluding hydrogens is 751 g/mol. The molecule has 0 aliphatic heterocycles. The van der Waals surface area contributed by atoms with Gasteiger partial charge in [-0.05, 0) is 72.8 Å². The number of pyridine rings is 2. The molecule has 8 rings (SSSR count). The Morgan fingerprint density at radius 3 is 1.66 bits per heavy atom. The second kappa shape index (κ2) is 11.3. The maximum atomic E-state index is 13.1. The fourth-order valence-corrected chi connectivity index (χ4v) is 9.51. The van der Waals surface area contributed by atoms with Crippen molar-refractivity contribution >= 4 is 86.5 Å². The number of rotatable bonds is 4. The highest BCUT2D eigenvalue weighted by molar-refractivity contribution is 14.1. The minimum Gasteiger partial charge on any atom is -0.267 e. The molecule has 0 amide bonds. The minimum absolute atomic E-state index is 0.243. The van der Waals surface area contributed by atoms with E-state index in [9.17, 15) is 16.8 Å². The van der Waals surface area contributed by atoms with Gasteiger partial charge in [-0.1, -0.05) is 35.4 Å². The van der Waals surface area contributed by atoms with Crippen LogP contribution in [0.15, 0.2) is 101 Å². The van der Waals surface area contributed by atoms with E-state index >= 15 is 0 Å². The Balaban J connectivity index is 0.000000150. The van der Waals surface area contributed by atoms with Gasteiger partial charge < -0.3 is 0 Å². The fraction of sp³-hybridized carbons (Fsp3) is 0.125. The van der Waals surface area contributed by atoms with Gasteiger partial charge in [0.2, 0.25) is 0 Å². The third-order valence-electron chi connectivity index (χ3n) is 7.95. The van der Waals surface area contributed by atoms with Crippen molar-refractivity contribution in [3.8, 4) is 0 Å². The second-order valence-corrected chi connectivity index (χ2v) is 15.8. The molecule has 0 saturated heterocycles. The van der Waals surface area contributed by atoms with Gasteiger partial charge in [0, 0.05) is 54.2 Å². The largest absolute Gasteiger partial charge is 0.270 e. The Hall–Kier alpha value is -4.61. The van der Waals surface area contributed by atoms with Gasteiger partial charge in [-0.3, -0.25) is 9.36 Å². The van der Waals surface area contributed by atoms with Crippen LogP contribution in [0, 0.1) is 17.5 Å². The maximum Gasteiger partial charge on any atom is 0.270 e. The molecule has 0 radical (unpaired) electrons. The van der Waals surface area contributed by atoms with E-state index in [1.807, 2.05) is 56.6 Å². The van der Waals surface area contributed by atoms with Gasteiger partial charge in [0.25, 0.3) is 20.0 Å². The molecule has 0 spiro atoms. The predicted octanol–water partition coefficient (Wildman–Crippen LogP) is 5.54. The number of benzene rings is 2. The summed E-state index contributed by atoms with van der Waals surface area (Å²) in [6.45, 7) is 3.84. The van der Waals surface area contributed by atoms with Crippen LogP contribution in [0.1, 0.15) is 11.1 Å². The SMILES string of the molecule is Cc1ccc(S(=O)(=O)n2c(I)cc3c4c(cnc32)cnn4C)cc1.Cc1ccc(S(=O)(=O)n2ccc3c2ncc2cnn(C)c23)cc1. The number of aryl methyl sites for hydroxylation is 4. The number of nitrogens with zero attached hydrogens (tertiary/aromatic N) is 8. The standard InChI is InChI=1S/C16H13IN4O2S.C16H14N4O2S/c1-10-3-5-12(6-4-10)24(22,23)21-14(17)7-13-15-11(8-18-16(13)21)9-19-20(15)2;1-11-3-5-13(6-4-11)23(21,22)20-8-7-14-15-12(9-17-16(14)20)10-18-19(15)2/h3-9H,1-2H3;3-10H,1-2H3. The molecule has 0 bridgehead atoms. The molecule has 0 saturated carbocycles. The average molecular weight is 779 g/mol. The molecular formula is C32H27IN8O4S2. The van der Waals surface area contributed by atoms with Gasteiger partial charge in [0.1, 0.15) is 0 Å². The summed E-state index contributed by atoms with van der Waals surface area (Å²) < 4.78 is 58.5. The van der Waals surface area contributed by atoms with Gasteiger partial charge in [0.05, 0.1) is 36.9 Å². The zero-order chi connectivity index (χ0) is 33.2. The van der Waals surface area contributed by atoms with E-state index in [1.54, 1.807) is 94.9 Å².